The van der Waals surface area contributed by atoms with E-state index in [2.05, 4.69) is 17.6 Å². The SMILES string of the molecule is CCNC(=O)CCNC1CCC(CC)CC1. The summed E-state index contributed by atoms with van der Waals surface area (Å²) in [6.07, 6.45) is 7.22. The van der Waals surface area contributed by atoms with Gasteiger partial charge in [-0.15, -0.1) is 0 Å². The molecule has 0 aliphatic heterocycles. The van der Waals surface area contributed by atoms with Crippen molar-refractivity contribution in [3.05, 3.63) is 0 Å². The van der Waals surface area contributed by atoms with Crippen molar-refractivity contribution in [1.82, 2.24) is 10.6 Å². The minimum Gasteiger partial charge on any atom is -0.356 e. The van der Waals surface area contributed by atoms with Crippen LogP contribution < -0.4 is 10.6 Å². The van der Waals surface area contributed by atoms with Crippen LogP contribution in [0.2, 0.25) is 0 Å². The topological polar surface area (TPSA) is 41.1 Å². The van der Waals surface area contributed by atoms with Crippen molar-refractivity contribution in [1.29, 1.82) is 0 Å². The lowest BCUT2D eigenvalue weighted by Gasteiger charge is -2.28. The van der Waals surface area contributed by atoms with Gasteiger partial charge in [-0.05, 0) is 38.5 Å². The molecule has 1 aliphatic carbocycles. The Balaban J connectivity index is 2.04. The molecule has 3 nitrogen and oxygen atoms in total. The summed E-state index contributed by atoms with van der Waals surface area (Å²) in [5, 5.41) is 6.32. The van der Waals surface area contributed by atoms with Crippen LogP contribution in [0.25, 0.3) is 0 Å². The van der Waals surface area contributed by atoms with Crippen molar-refractivity contribution in [2.45, 2.75) is 58.4 Å². The lowest BCUT2D eigenvalue weighted by atomic mass is 9.84. The molecule has 1 amide bonds. The highest BCUT2D eigenvalue weighted by atomic mass is 16.1. The van der Waals surface area contributed by atoms with E-state index in [0.29, 0.717) is 12.5 Å². The summed E-state index contributed by atoms with van der Waals surface area (Å²) in [5.41, 5.74) is 0. The molecule has 0 aromatic rings. The molecule has 0 aromatic carbocycles. The molecule has 94 valence electrons. The van der Waals surface area contributed by atoms with E-state index < -0.39 is 0 Å². The Morgan fingerprint density at radius 3 is 2.44 bits per heavy atom. The Morgan fingerprint density at radius 1 is 1.19 bits per heavy atom. The first-order valence-corrected chi connectivity index (χ1v) is 6.76. The zero-order valence-electron chi connectivity index (χ0n) is 10.7. The van der Waals surface area contributed by atoms with E-state index in [1.54, 1.807) is 0 Å². The summed E-state index contributed by atoms with van der Waals surface area (Å²) in [7, 11) is 0. The first kappa shape index (κ1) is 13.5. The Kier molecular flexibility index (Phi) is 6.46. The van der Waals surface area contributed by atoms with Crippen molar-refractivity contribution >= 4 is 5.91 Å². The Hall–Kier alpha value is -0.570. The Labute approximate surface area is 99.4 Å². The van der Waals surface area contributed by atoms with Crippen LogP contribution in [0.15, 0.2) is 0 Å². The molecule has 0 heterocycles. The fourth-order valence-corrected chi connectivity index (χ4v) is 2.45. The number of hydrogen-bond donors (Lipinski definition) is 2. The highest BCUT2D eigenvalue weighted by molar-refractivity contribution is 5.75. The molecule has 0 aromatic heterocycles. The zero-order valence-corrected chi connectivity index (χ0v) is 10.7. The predicted octanol–water partition coefficient (Wildman–Crippen LogP) is 2.07. The van der Waals surface area contributed by atoms with Crippen LogP contribution in [0.1, 0.15) is 52.4 Å². The molecule has 1 rings (SSSR count). The summed E-state index contributed by atoms with van der Waals surface area (Å²) in [6, 6.07) is 0.650. The Bertz CT molecular complexity index is 198. The molecule has 1 aliphatic rings. The summed E-state index contributed by atoms with van der Waals surface area (Å²) in [4.78, 5) is 11.2. The molecule has 0 unspecified atom stereocenters. The van der Waals surface area contributed by atoms with Crippen LogP contribution in [0.3, 0.4) is 0 Å². The third-order valence-electron chi connectivity index (χ3n) is 3.58. The maximum atomic E-state index is 11.2. The van der Waals surface area contributed by atoms with Gasteiger partial charge in [0.2, 0.25) is 5.91 Å². The second-order valence-electron chi connectivity index (χ2n) is 4.78. The zero-order chi connectivity index (χ0) is 11.8. The maximum absolute atomic E-state index is 11.2. The van der Waals surface area contributed by atoms with Gasteiger partial charge in [0.1, 0.15) is 0 Å². The summed E-state index contributed by atoms with van der Waals surface area (Å²) in [5.74, 6) is 1.11. The molecule has 0 bridgehead atoms. The van der Waals surface area contributed by atoms with Crippen LogP contribution in [0.4, 0.5) is 0 Å². The van der Waals surface area contributed by atoms with Crippen LogP contribution in [-0.2, 0) is 4.79 Å². The second-order valence-corrected chi connectivity index (χ2v) is 4.78. The first-order valence-electron chi connectivity index (χ1n) is 6.76. The number of nitrogens with one attached hydrogen (secondary N) is 2. The molecule has 1 saturated carbocycles. The molecular weight excluding hydrogens is 200 g/mol. The minimum absolute atomic E-state index is 0.164. The van der Waals surface area contributed by atoms with Crippen LogP contribution >= 0.6 is 0 Å². The molecule has 0 atom stereocenters. The lowest BCUT2D eigenvalue weighted by Crippen LogP contribution is -2.36. The highest BCUT2D eigenvalue weighted by Gasteiger charge is 2.19. The van der Waals surface area contributed by atoms with E-state index >= 15 is 0 Å². The number of carbonyl (C=O) groups is 1. The predicted molar refractivity (Wildman–Crippen MR) is 67.3 cm³/mol. The fourth-order valence-electron chi connectivity index (χ4n) is 2.45. The average Bonchev–Trinajstić information content (AvgIpc) is 2.30. The van der Waals surface area contributed by atoms with Gasteiger partial charge in [-0.25, -0.2) is 0 Å². The molecule has 1 fully saturated rings. The van der Waals surface area contributed by atoms with Crippen LogP contribution in [0.5, 0.6) is 0 Å². The summed E-state index contributed by atoms with van der Waals surface area (Å²) >= 11 is 0. The van der Waals surface area contributed by atoms with Gasteiger partial charge in [-0.3, -0.25) is 4.79 Å². The number of rotatable bonds is 6. The number of carbonyl (C=O) groups excluding carboxylic acids is 1. The van der Waals surface area contributed by atoms with Crippen molar-refractivity contribution < 1.29 is 4.79 Å². The van der Waals surface area contributed by atoms with E-state index in [-0.39, 0.29) is 5.91 Å². The molecule has 16 heavy (non-hydrogen) atoms. The van der Waals surface area contributed by atoms with Crippen molar-refractivity contribution in [2.75, 3.05) is 13.1 Å². The van der Waals surface area contributed by atoms with E-state index in [0.717, 1.165) is 19.0 Å². The van der Waals surface area contributed by atoms with Gasteiger partial charge in [-0.1, -0.05) is 13.3 Å². The van der Waals surface area contributed by atoms with E-state index in [1.165, 1.54) is 32.1 Å². The fraction of sp³-hybridized carbons (Fsp3) is 0.923. The molecule has 2 N–H and O–H groups in total. The van der Waals surface area contributed by atoms with Gasteiger partial charge in [0, 0.05) is 25.6 Å². The van der Waals surface area contributed by atoms with Crippen LogP contribution in [-0.4, -0.2) is 25.0 Å². The Morgan fingerprint density at radius 2 is 1.88 bits per heavy atom. The van der Waals surface area contributed by atoms with Crippen molar-refractivity contribution in [3.63, 3.8) is 0 Å². The first-order chi connectivity index (χ1) is 7.76. The van der Waals surface area contributed by atoms with Crippen molar-refractivity contribution in [3.8, 4) is 0 Å². The monoisotopic (exact) mass is 226 g/mol. The number of amides is 1. The molecule has 0 radical (unpaired) electrons. The van der Waals surface area contributed by atoms with Gasteiger partial charge in [0.05, 0.1) is 0 Å². The summed E-state index contributed by atoms with van der Waals surface area (Å²) < 4.78 is 0. The molecular formula is C13H26N2O. The smallest absolute Gasteiger partial charge is 0.221 e. The minimum atomic E-state index is 0.164. The highest BCUT2D eigenvalue weighted by Crippen LogP contribution is 2.26. The van der Waals surface area contributed by atoms with Gasteiger partial charge in [-0.2, -0.15) is 0 Å². The van der Waals surface area contributed by atoms with Gasteiger partial charge in [0.15, 0.2) is 0 Å². The third kappa shape index (κ3) is 4.97. The van der Waals surface area contributed by atoms with E-state index in [1.807, 2.05) is 6.92 Å². The van der Waals surface area contributed by atoms with Gasteiger partial charge >= 0.3 is 0 Å². The van der Waals surface area contributed by atoms with E-state index in [4.69, 9.17) is 0 Å². The molecule has 0 spiro atoms. The average molecular weight is 226 g/mol. The largest absolute Gasteiger partial charge is 0.356 e. The third-order valence-corrected chi connectivity index (χ3v) is 3.58. The van der Waals surface area contributed by atoms with Crippen molar-refractivity contribution in [2.24, 2.45) is 5.92 Å². The standard InChI is InChI=1S/C13H26N2O/c1-3-11-5-7-12(8-6-11)15-10-9-13(16)14-4-2/h11-12,15H,3-10H2,1-2H3,(H,14,16). The number of hydrogen-bond acceptors (Lipinski definition) is 2. The van der Waals surface area contributed by atoms with E-state index in [9.17, 15) is 4.79 Å². The molecule has 3 heteroatoms. The second kappa shape index (κ2) is 7.66. The maximum Gasteiger partial charge on any atom is 0.221 e. The van der Waals surface area contributed by atoms with Crippen LogP contribution in [0, 0.1) is 5.92 Å². The normalized spacial score (nSPS) is 25.4. The lowest BCUT2D eigenvalue weighted by molar-refractivity contribution is -0.120. The van der Waals surface area contributed by atoms with Gasteiger partial charge in [0.25, 0.3) is 0 Å². The van der Waals surface area contributed by atoms with Gasteiger partial charge < -0.3 is 10.6 Å². The molecule has 0 saturated heterocycles. The quantitative estimate of drug-likeness (QED) is 0.728. The summed E-state index contributed by atoms with van der Waals surface area (Å²) in [6.45, 7) is 5.80.